The van der Waals surface area contributed by atoms with Gasteiger partial charge in [0.2, 0.25) is 9.84 Å². The van der Waals surface area contributed by atoms with Gasteiger partial charge >= 0.3 is 5.76 Å². The van der Waals surface area contributed by atoms with Crippen LogP contribution < -0.4 is 10.6 Å². The van der Waals surface area contributed by atoms with Crippen molar-refractivity contribution in [2.24, 2.45) is 5.73 Å². The van der Waals surface area contributed by atoms with Gasteiger partial charge in [-0.2, -0.15) is 8.78 Å². The summed E-state index contributed by atoms with van der Waals surface area (Å²) in [4.78, 5) is 1.59. The summed E-state index contributed by atoms with van der Waals surface area (Å²) in [5, 5.41) is 0. The molecule has 1 heterocycles. The van der Waals surface area contributed by atoms with Crippen LogP contribution in [0.5, 0.6) is 0 Å². The number of nitrogens with two attached hydrogens (primary N) is 1. The Morgan fingerprint density at radius 1 is 1.28 bits per heavy atom. The smallest absolute Gasteiger partial charge is 0.341 e. The van der Waals surface area contributed by atoms with Gasteiger partial charge in [-0.3, -0.25) is 0 Å². The van der Waals surface area contributed by atoms with Crippen LogP contribution in [-0.4, -0.2) is 32.8 Å². The molecule has 7 heteroatoms. The maximum atomic E-state index is 12.3. The van der Waals surface area contributed by atoms with Gasteiger partial charge in [-0.25, -0.2) is 8.42 Å². The monoisotopic (exact) mass is 276 g/mol. The van der Waals surface area contributed by atoms with E-state index in [9.17, 15) is 17.2 Å². The summed E-state index contributed by atoms with van der Waals surface area (Å²) in [6.07, 6.45) is 0. The summed E-state index contributed by atoms with van der Waals surface area (Å²) < 4.78 is 47.1. The minimum absolute atomic E-state index is 0.242. The highest BCUT2D eigenvalue weighted by molar-refractivity contribution is 7.91. The summed E-state index contributed by atoms with van der Waals surface area (Å²) in [5.74, 6) is -3.39. The number of sulfone groups is 1. The molecular formula is C11H14F2N2O2S. The van der Waals surface area contributed by atoms with Crippen molar-refractivity contribution in [3.63, 3.8) is 0 Å². The Bertz CT molecular complexity index is 533. The molecule has 2 rings (SSSR count). The van der Waals surface area contributed by atoms with Crippen LogP contribution in [0.15, 0.2) is 29.2 Å². The fourth-order valence-electron chi connectivity index (χ4n) is 1.96. The molecule has 18 heavy (non-hydrogen) atoms. The fraction of sp³-hybridized carbons (Fsp3) is 0.455. The summed E-state index contributed by atoms with van der Waals surface area (Å²) in [5.41, 5.74) is 6.39. The second-order valence-electron chi connectivity index (χ2n) is 4.81. The van der Waals surface area contributed by atoms with Crippen LogP contribution in [0.3, 0.4) is 0 Å². The molecule has 4 nitrogen and oxygen atoms in total. The van der Waals surface area contributed by atoms with Crippen LogP contribution in [0, 0.1) is 0 Å². The van der Waals surface area contributed by atoms with E-state index in [1.54, 1.807) is 0 Å². The largest absolute Gasteiger partial charge is 0.368 e. The van der Waals surface area contributed by atoms with Crippen molar-refractivity contribution in [1.82, 2.24) is 0 Å². The summed E-state index contributed by atoms with van der Waals surface area (Å²) in [7, 11) is -4.51. The lowest BCUT2D eigenvalue weighted by atomic mass is 9.93. The molecule has 1 aromatic carbocycles. The Labute approximate surface area is 104 Å². The van der Waals surface area contributed by atoms with Crippen LogP contribution in [-0.2, 0) is 9.84 Å². The molecular weight excluding hydrogens is 262 g/mol. The van der Waals surface area contributed by atoms with Gasteiger partial charge in [0.05, 0.1) is 4.90 Å². The number of hydrogen-bond acceptors (Lipinski definition) is 4. The number of alkyl halides is 2. The molecule has 0 bridgehead atoms. The van der Waals surface area contributed by atoms with E-state index >= 15 is 0 Å². The van der Waals surface area contributed by atoms with E-state index in [2.05, 4.69) is 0 Å². The van der Waals surface area contributed by atoms with E-state index in [1.165, 1.54) is 24.3 Å². The average Bonchev–Trinajstić information content (AvgIpc) is 2.25. The normalized spacial score (nSPS) is 18.8. The number of nitrogens with zero attached hydrogens (tertiary/aromatic N) is 1. The third kappa shape index (κ3) is 2.32. The lowest BCUT2D eigenvalue weighted by molar-refractivity contribution is 0.234. The molecule has 0 amide bonds. The van der Waals surface area contributed by atoms with Gasteiger partial charge in [-0.05, 0) is 31.2 Å². The number of hydrogen-bond donors (Lipinski definition) is 1. The van der Waals surface area contributed by atoms with Crippen molar-refractivity contribution in [3.05, 3.63) is 24.3 Å². The molecule has 1 saturated heterocycles. The Morgan fingerprint density at radius 2 is 1.78 bits per heavy atom. The van der Waals surface area contributed by atoms with Crippen LogP contribution in [0.25, 0.3) is 0 Å². The molecule has 1 aliphatic rings. The van der Waals surface area contributed by atoms with E-state index < -0.39 is 15.6 Å². The summed E-state index contributed by atoms with van der Waals surface area (Å²) in [6.45, 7) is 3.24. The highest BCUT2D eigenvalue weighted by Crippen LogP contribution is 2.27. The van der Waals surface area contributed by atoms with Gasteiger partial charge in [0.1, 0.15) is 0 Å². The highest BCUT2D eigenvalue weighted by atomic mass is 32.2. The first kappa shape index (κ1) is 13.2. The molecule has 0 radical (unpaired) electrons. The van der Waals surface area contributed by atoms with Gasteiger partial charge < -0.3 is 10.6 Å². The topological polar surface area (TPSA) is 63.4 Å². The van der Waals surface area contributed by atoms with Crippen molar-refractivity contribution >= 4 is 15.5 Å². The van der Waals surface area contributed by atoms with E-state index in [4.69, 9.17) is 5.73 Å². The van der Waals surface area contributed by atoms with Crippen molar-refractivity contribution < 1.29 is 17.2 Å². The molecule has 0 spiro atoms. The van der Waals surface area contributed by atoms with E-state index in [1.807, 2.05) is 11.8 Å². The first-order chi connectivity index (χ1) is 8.22. The third-order valence-corrected chi connectivity index (χ3v) is 4.27. The SMILES string of the molecule is CC1(N)CN(c2ccc(S(=O)(=O)C(F)F)cc2)C1. The van der Waals surface area contributed by atoms with Crippen molar-refractivity contribution in [3.8, 4) is 0 Å². The quantitative estimate of drug-likeness (QED) is 0.901. The highest BCUT2D eigenvalue weighted by Gasteiger charge is 2.35. The molecule has 0 saturated carbocycles. The van der Waals surface area contributed by atoms with Crippen LogP contribution in [0.2, 0.25) is 0 Å². The van der Waals surface area contributed by atoms with E-state index in [-0.39, 0.29) is 10.4 Å². The Balaban J connectivity index is 2.17. The van der Waals surface area contributed by atoms with Crippen molar-refractivity contribution in [2.75, 3.05) is 18.0 Å². The minimum atomic E-state index is -4.51. The van der Waals surface area contributed by atoms with Crippen molar-refractivity contribution in [1.29, 1.82) is 0 Å². The van der Waals surface area contributed by atoms with E-state index in [0.29, 0.717) is 13.1 Å². The predicted octanol–water partition coefficient (Wildman–Crippen LogP) is 1.22. The molecule has 2 N–H and O–H groups in total. The number of rotatable bonds is 3. The number of anilines is 1. The average molecular weight is 276 g/mol. The molecule has 100 valence electrons. The standard InChI is InChI=1S/C11H14F2N2O2S/c1-11(14)6-15(7-11)8-2-4-9(5-3-8)18(16,17)10(12)13/h2-5,10H,6-7,14H2,1H3. The minimum Gasteiger partial charge on any atom is -0.368 e. The van der Waals surface area contributed by atoms with Gasteiger partial charge in [-0.15, -0.1) is 0 Å². The van der Waals surface area contributed by atoms with Crippen molar-refractivity contribution in [2.45, 2.75) is 23.1 Å². The summed E-state index contributed by atoms with van der Waals surface area (Å²) >= 11 is 0. The number of halogens is 2. The molecule has 0 atom stereocenters. The Hall–Kier alpha value is -1.21. The third-order valence-electron chi connectivity index (χ3n) is 2.87. The maximum Gasteiger partial charge on any atom is 0.341 e. The zero-order chi connectivity index (χ0) is 13.6. The van der Waals surface area contributed by atoms with Crippen LogP contribution >= 0.6 is 0 Å². The second-order valence-corrected chi connectivity index (χ2v) is 6.73. The zero-order valence-electron chi connectivity index (χ0n) is 9.81. The molecule has 1 aromatic rings. The molecule has 0 unspecified atom stereocenters. The van der Waals surface area contributed by atoms with Gasteiger partial charge in [0.15, 0.2) is 0 Å². The predicted molar refractivity (Wildman–Crippen MR) is 64.4 cm³/mol. The first-order valence-electron chi connectivity index (χ1n) is 5.38. The zero-order valence-corrected chi connectivity index (χ0v) is 10.6. The molecule has 0 aliphatic carbocycles. The first-order valence-corrected chi connectivity index (χ1v) is 6.93. The Morgan fingerprint density at radius 3 is 2.17 bits per heavy atom. The maximum absolute atomic E-state index is 12.3. The fourth-order valence-corrected chi connectivity index (χ4v) is 2.68. The summed E-state index contributed by atoms with van der Waals surface area (Å²) in [6, 6.07) is 5.43. The molecule has 0 aromatic heterocycles. The van der Waals surface area contributed by atoms with Gasteiger partial charge in [-0.1, -0.05) is 0 Å². The van der Waals surface area contributed by atoms with Crippen LogP contribution in [0.1, 0.15) is 6.92 Å². The van der Waals surface area contributed by atoms with Gasteiger partial charge in [0, 0.05) is 24.3 Å². The molecule has 1 fully saturated rings. The Kier molecular flexibility index (Phi) is 3.06. The van der Waals surface area contributed by atoms with Gasteiger partial charge in [0.25, 0.3) is 0 Å². The number of benzene rings is 1. The lowest BCUT2D eigenvalue weighted by Gasteiger charge is -2.47. The van der Waals surface area contributed by atoms with Crippen LogP contribution in [0.4, 0.5) is 14.5 Å². The second kappa shape index (κ2) is 4.17. The molecule has 1 aliphatic heterocycles. The lowest BCUT2D eigenvalue weighted by Crippen LogP contribution is -2.65. The van der Waals surface area contributed by atoms with E-state index in [0.717, 1.165) is 5.69 Å².